The molecule has 5 nitrogen and oxygen atoms in total. The number of aryl methyl sites for hydroxylation is 1. The number of fused-ring (bicyclic) bond motifs is 1. The number of carbonyl (C=O) groups excluding carboxylic acids is 1. The molecule has 0 unspecified atom stereocenters. The van der Waals surface area contributed by atoms with Gasteiger partial charge in [0.2, 0.25) is 0 Å². The van der Waals surface area contributed by atoms with Crippen LogP contribution in [0.4, 0.5) is 0 Å². The van der Waals surface area contributed by atoms with Crippen LogP contribution in [0.2, 0.25) is 6.32 Å². The summed E-state index contributed by atoms with van der Waals surface area (Å²) in [7, 11) is 0. The van der Waals surface area contributed by atoms with Crippen molar-refractivity contribution in [3.05, 3.63) is 40.7 Å². The molecule has 0 atom stereocenters. The van der Waals surface area contributed by atoms with Crippen LogP contribution >= 0.6 is 0 Å². The molecule has 118 valence electrons. The van der Waals surface area contributed by atoms with Gasteiger partial charge >= 0.3 is 6.92 Å². The molecule has 0 radical (unpaired) electrons. The third-order valence-electron chi connectivity index (χ3n) is 5.00. The van der Waals surface area contributed by atoms with Gasteiger partial charge in [-0.15, -0.1) is 5.10 Å². The Bertz CT molecular complexity index is 767. The molecular formula is C17H20BN3O2. The largest absolute Gasteiger partial charge is 0.446 e. The van der Waals surface area contributed by atoms with Gasteiger partial charge < -0.3 is 5.02 Å². The van der Waals surface area contributed by atoms with E-state index in [-0.39, 0.29) is 12.7 Å². The smallest absolute Gasteiger partial charge is 0.324 e. The Labute approximate surface area is 135 Å². The van der Waals surface area contributed by atoms with Crippen LogP contribution in [0, 0.1) is 12.8 Å². The Morgan fingerprint density at radius 1 is 1.43 bits per heavy atom. The first-order valence-corrected chi connectivity index (χ1v) is 8.35. The second kappa shape index (κ2) is 5.60. The second-order valence-electron chi connectivity index (χ2n) is 6.84. The number of ketones is 1. The van der Waals surface area contributed by atoms with Crippen LogP contribution in [0.1, 0.15) is 40.2 Å². The van der Waals surface area contributed by atoms with E-state index in [0.717, 1.165) is 36.0 Å². The van der Waals surface area contributed by atoms with Gasteiger partial charge in [-0.1, -0.05) is 29.0 Å². The predicted molar refractivity (Wildman–Crippen MR) is 88.1 cm³/mol. The summed E-state index contributed by atoms with van der Waals surface area (Å²) >= 11 is 0. The SMILES string of the molecule is Cc1c(C(=O)Cc2ccc3c(c2)B(O)CC3)nnn1CC1CC1. The fourth-order valence-corrected chi connectivity index (χ4v) is 3.35. The van der Waals surface area contributed by atoms with E-state index in [1.165, 1.54) is 18.4 Å². The number of hydrogen-bond donors (Lipinski definition) is 1. The van der Waals surface area contributed by atoms with E-state index in [2.05, 4.69) is 10.3 Å². The number of aromatic nitrogens is 3. The molecule has 1 fully saturated rings. The van der Waals surface area contributed by atoms with Crippen molar-refractivity contribution in [2.75, 3.05) is 0 Å². The van der Waals surface area contributed by atoms with Crippen molar-refractivity contribution in [3.63, 3.8) is 0 Å². The van der Waals surface area contributed by atoms with Crippen molar-refractivity contribution >= 4 is 18.2 Å². The van der Waals surface area contributed by atoms with Crippen molar-refractivity contribution in [2.24, 2.45) is 5.92 Å². The van der Waals surface area contributed by atoms with Crippen molar-refractivity contribution < 1.29 is 9.82 Å². The molecule has 1 aromatic carbocycles. The zero-order valence-electron chi connectivity index (χ0n) is 13.3. The van der Waals surface area contributed by atoms with E-state index < -0.39 is 0 Å². The lowest BCUT2D eigenvalue weighted by atomic mass is 9.63. The quantitative estimate of drug-likeness (QED) is 0.665. The van der Waals surface area contributed by atoms with Gasteiger partial charge in [-0.3, -0.25) is 4.79 Å². The fourth-order valence-electron chi connectivity index (χ4n) is 3.35. The number of Topliss-reactive ketones (excluding diaryl/α,β-unsaturated/α-hetero) is 1. The topological polar surface area (TPSA) is 68.0 Å². The van der Waals surface area contributed by atoms with Gasteiger partial charge in [0.15, 0.2) is 11.5 Å². The van der Waals surface area contributed by atoms with Gasteiger partial charge in [-0.25, -0.2) is 4.68 Å². The molecule has 1 aromatic heterocycles. The molecule has 23 heavy (non-hydrogen) atoms. The van der Waals surface area contributed by atoms with Crippen LogP contribution in [-0.4, -0.2) is 32.7 Å². The molecule has 2 heterocycles. The van der Waals surface area contributed by atoms with Crippen molar-refractivity contribution in [1.29, 1.82) is 0 Å². The molecule has 1 N–H and O–H groups in total. The standard InChI is InChI=1S/C17H20BN3O2/c1-11-17(19-20-21(11)10-12-2-3-12)16(22)9-13-4-5-14-6-7-18(23)15(14)8-13/h4-5,8,12,23H,2-3,6-7,9-10H2,1H3. The third kappa shape index (κ3) is 2.83. The minimum absolute atomic E-state index is 0.00279. The average Bonchev–Trinajstić information content (AvgIpc) is 3.18. The lowest BCUT2D eigenvalue weighted by molar-refractivity contribution is 0.0987. The van der Waals surface area contributed by atoms with Gasteiger partial charge in [-0.2, -0.15) is 0 Å². The monoisotopic (exact) mass is 309 g/mol. The highest BCUT2D eigenvalue weighted by Gasteiger charge is 2.27. The first kappa shape index (κ1) is 14.6. The second-order valence-corrected chi connectivity index (χ2v) is 6.84. The van der Waals surface area contributed by atoms with E-state index in [9.17, 15) is 9.82 Å². The van der Waals surface area contributed by atoms with Gasteiger partial charge in [0.1, 0.15) is 0 Å². The number of nitrogens with zero attached hydrogens (tertiary/aromatic N) is 3. The summed E-state index contributed by atoms with van der Waals surface area (Å²) < 4.78 is 1.86. The van der Waals surface area contributed by atoms with Crippen LogP contribution in [0.3, 0.4) is 0 Å². The van der Waals surface area contributed by atoms with Gasteiger partial charge in [-0.05, 0) is 49.5 Å². The summed E-state index contributed by atoms with van der Waals surface area (Å²) in [6.07, 6.45) is 4.50. The zero-order valence-corrected chi connectivity index (χ0v) is 13.3. The summed E-state index contributed by atoms with van der Waals surface area (Å²) in [6.45, 7) is 2.40. The Morgan fingerprint density at radius 2 is 2.26 bits per heavy atom. The van der Waals surface area contributed by atoms with E-state index in [1.54, 1.807) is 0 Å². The molecule has 2 aliphatic rings. The lowest BCUT2D eigenvalue weighted by Gasteiger charge is -2.06. The summed E-state index contributed by atoms with van der Waals surface area (Å²) in [6, 6.07) is 5.98. The molecule has 1 aliphatic heterocycles. The highest BCUT2D eigenvalue weighted by molar-refractivity contribution is 6.68. The van der Waals surface area contributed by atoms with Crippen LogP contribution in [0.25, 0.3) is 0 Å². The average molecular weight is 309 g/mol. The number of rotatable bonds is 5. The van der Waals surface area contributed by atoms with Gasteiger partial charge in [0.05, 0.1) is 5.69 Å². The maximum Gasteiger partial charge on any atom is 0.324 e. The minimum Gasteiger partial charge on any atom is -0.446 e. The first-order chi connectivity index (χ1) is 11.1. The highest BCUT2D eigenvalue weighted by Crippen LogP contribution is 2.30. The molecule has 0 bridgehead atoms. The van der Waals surface area contributed by atoms with Crippen LogP contribution in [0.15, 0.2) is 18.2 Å². The molecule has 0 spiro atoms. The molecule has 2 aromatic rings. The molecular weight excluding hydrogens is 289 g/mol. The Balaban J connectivity index is 1.51. The van der Waals surface area contributed by atoms with E-state index in [1.807, 2.05) is 29.8 Å². The van der Waals surface area contributed by atoms with Crippen LogP contribution in [-0.2, 0) is 19.4 Å². The van der Waals surface area contributed by atoms with Crippen LogP contribution < -0.4 is 5.46 Å². The van der Waals surface area contributed by atoms with Gasteiger partial charge in [0.25, 0.3) is 0 Å². The summed E-state index contributed by atoms with van der Waals surface area (Å²) in [4.78, 5) is 12.6. The van der Waals surface area contributed by atoms with E-state index in [0.29, 0.717) is 18.0 Å². The maximum absolute atomic E-state index is 12.6. The zero-order chi connectivity index (χ0) is 16.0. The van der Waals surface area contributed by atoms with E-state index in [4.69, 9.17) is 0 Å². The molecule has 0 amide bonds. The predicted octanol–water partition coefficient (Wildman–Crippen LogP) is 1.17. The Morgan fingerprint density at radius 3 is 3.04 bits per heavy atom. The molecule has 6 heteroatoms. The lowest BCUT2D eigenvalue weighted by Crippen LogP contribution is -2.26. The normalized spacial score (nSPS) is 16.7. The maximum atomic E-state index is 12.6. The number of carbonyl (C=O) groups is 1. The van der Waals surface area contributed by atoms with Crippen molar-refractivity contribution in [3.8, 4) is 0 Å². The molecule has 1 aliphatic carbocycles. The molecule has 0 saturated heterocycles. The van der Waals surface area contributed by atoms with Gasteiger partial charge in [0, 0.05) is 13.0 Å². The number of benzene rings is 1. The number of hydrogen-bond acceptors (Lipinski definition) is 4. The minimum atomic E-state index is -0.388. The van der Waals surface area contributed by atoms with E-state index >= 15 is 0 Å². The van der Waals surface area contributed by atoms with Crippen molar-refractivity contribution in [2.45, 2.75) is 45.5 Å². The van der Waals surface area contributed by atoms with Crippen molar-refractivity contribution in [1.82, 2.24) is 15.0 Å². The summed E-state index contributed by atoms with van der Waals surface area (Å²) in [5.41, 5.74) is 4.45. The summed E-state index contributed by atoms with van der Waals surface area (Å²) in [5.74, 6) is 0.702. The molecule has 1 saturated carbocycles. The third-order valence-corrected chi connectivity index (χ3v) is 5.00. The van der Waals surface area contributed by atoms with Crippen LogP contribution in [0.5, 0.6) is 0 Å². The Hall–Kier alpha value is -1.95. The Kier molecular flexibility index (Phi) is 3.56. The fraction of sp³-hybridized carbons (Fsp3) is 0.471. The molecule has 4 rings (SSSR count). The summed E-state index contributed by atoms with van der Waals surface area (Å²) in [5, 5.41) is 18.2. The highest BCUT2D eigenvalue weighted by atomic mass is 16.2. The first-order valence-electron chi connectivity index (χ1n) is 8.35.